The van der Waals surface area contributed by atoms with E-state index in [-0.39, 0.29) is 43.3 Å². The molecule has 0 aromatic heterocycles. The molecule has 9 heteroatoms. The molecule has 4 N–H and O–H groups in total. The van der Waals surface area contributed by atoms with E-state index in [1.807, 2.05) is 93.6 Å². The number of Topliss-reactive ketones (excluding diaryl/α,β-unsaturated/α-hetero) is 3. The minimum atomic E-state index is -1.13. The number of rotatable bonds is 19. The first-order chi connectivity index (χ1) is 22.4. The number of hydrogen-bond acceptors (Lipinski definition) is 6. The molecule has 47 heavy (non-hydrogen) atoms. The number of ketones is 3. The fourth-order valence-electron chi connectivity index (χ4n) is 5.67. The second kappa shape index (κ2) is 17.9. The first-order valence-electron chi connectivity index (χ1n) is 16.3. The second-order valence-corrected chi connectivity index (χ2v) is 12.9. The van der Waals surface area contributed by atoms with E-state index in [2.05, 4.69) is 10.6 Å². The van der Waals surface area contributed by atoms with Crippen molar-refractivity contribution in [2.45, 2.75) is 72.3 Å². The maximum Gasteiger partial charge on any atom is 0.289 e. The van der Waals surface area contributed by atoms with E-state index in [1.165, 1.54) is 0 Å². The number of nitrogens with one attached hydrogen (secondary N) is 2. The van der Waals surface area contributed by atoms with Gasteiger partial charge < -0.3 is 16.4 Å². The Labute approximate surface area is 277 Å². The Hall–Kier alpha value is -4.66. The maximum atomic E-state index is 13.5. The van der Waals surface area contributed by atoms with Gasteiger partial charge in [-0.05, 0) is 46.6 Å². The normalized spacial score (nSPS) is 13.7. The predicted octanol–water partition coefficient (Wildman–Crippen LogP) is 4.52. The molecule has 0 saturated heterocycles. The molecular weight excluding hydrogens is 594 g/mol. The third-order valence-corrected chi connectivity index (χ3v) is 8.48. The quantitative estimate of drug-likeness (QED) is 0.164. The smallest absolute Gasteiger partial charge is 0.289 e. The van der Waals surface area contributed by atoms with Crippen LogP contribution < -0.4 is 16.4 Å². The number of fused-ring (bicyclic) bond motifs is 1. The number of carbonyl (C=O) groups excluding carboxylic acids is 6. The molecule has 4 atom stereocenters. The van der Waals surface area contributed by atoms with Crippen LogP contribution in [0.25, 0.3) is 10.8 Å². The molecule has 3 aromatic rings. The van der Waals surface area contributed by atoms with Crippen LogP contribution in [0.4, 0.5) is 0 Å². The standard InChI is InChI=1S/C38H47N3O6/c1-5-25(4)34(41-37(46)31(17-24(2)3)22-32(42)20-26-11-7-6-8-12-26)35(44)38(47)40-23-33(43)21-30(36(39)45)19-27-15-16-28-13-9-10-14-29(28)18-27/h6-16,18,24-25,30-31,34H,5,17,19-23H2,1-4H3,(H2,39,45)(H,40,47)(H,41,46). The zero-order valence-electron chi connectivity index (χ0n) is 27.8. The van der Waals surface area contributed by atoms with Crippen LogP contribution in [-0.4, -0.2) is 47.7 Å². The zero-order valence-corrected chi connectivity index (χ0v) is 27.8. The van der Waals surface area contributed by atoms with Gasteiger partial charge in [0.05, 0.1) is 12.6 Å². The molecule has 0 heterocycles. The van der Waals surface area contributed by atoms with E-state index >= 15 is 0 Å². The minimum Gasteiger partial charge on any atom is -0.369 e. The summed E-state index contributed by atoms with van der Waals surface area (Å²) in [5, 5.41) is 7.18. The van der Waals surface area contributed by atoms with Crippen LogP contribution in [0, 0.1) is 23.7 Å². The van der Waals surface area contributed by atoms with Gasteiger partial charge in [0.25, 0.3) is 5.91 Å². The molecule has 0 saturated carbocycles. The highest BCUT2D eigenvalue weighted by atomic mass is 16.2. The van der Waals surface area contributed by atoms with Gasteiger partial charge in [0, 0.05) is 31.1 Å². The number of carbonyl (C=O) groups is 6. The van der Waals surface area contributed by atoms with E-state index in [0.717, 1.165) is 21.9 Å². The van der Waals surface area contributed by atoms with Gasteiger partial charge in [-0.1, -0.05) is 107 Å². The molecule has 0 aliphatic heterocycles. The van der Waals surface area contributed by atoms with Crippen LogP contribution in [0.15, 0.2) is 72.8 Å². The fraction of sp³-hybridized carbons (Fsp3) is 0.421. The average Bonchev–Trinajstić information content (AvgIpc) is 3.04. The third kappa shape index (κ3) is 11.6. The van der Waals surface area contributed by atoms with Gasteiger partial charge in [-0.3, -0.25) is 28.8 Å². The zero-order chi connectivity index (χ0) is 34.5. The SMILES string of the molecule is CCC(C)C(NC(=O)C(CC(=O)Cc1ccccc1)CC(C)C)C(=O)C(=O)NCC(=O)CC(Cc1ccc2ccccc2c1)C(N)=O. The molecule has 3 aromatic carbocycles. The molecule has 3 amide bonds. The summed E-state index contributed by atoms with van der Waals surface area (Å²) in [6.45, 7) is 7.04. The van der Waals surface area contributed by atoms with Crippen molar-refractivity contribution in [1.29, 1.82) is 0 Å². The van der Waals surface area contributed by atoms with Gasteiger partial charge in [-0.15, -0.1) is 0 Å². The van der Waals surface area contributed by atoms with Crippen molar-refractivity contribution in [2.24, 2.45) is 29.4 Å². The lowest BCUT2D eigenvalue weighted by molar-refractivity contribution is -0.142. The van der Waals surface area contributed by atoms with Crippen LogP contribution in [0.2, 0.25) is 0 Å². The molecule has 9 nitrogen and oxygen atoms in total. The fourth-order valence-corrected chi connectivity index (χ4v) is 5.67. The summed E-state index contributed by atoms with van der Waals surface area (Å²) in [6.07, 6.45) is 1.21. The van der Waals surface area contributed by atoms with E-state index in [0.29, 0.717) is 12.8 Å². The molecule has 0 spiro atoms. The van der Waals surface area contributed by atoms with Crippen LogP contribution in [0.5, 0.6) is 0 Å². The van der Waals surface area contributed by atoms with Gasteiger partial charge in [0.2, 0.25) is 17.6 Å². The highest BCUT2D eigenvalue weighted by molar-refractivity contribution is 6.38. The largest absolute Gasteiger partial charge is 0.369 e. The van der Waals surface area contributed by atoms with Crippen LogP contribution in [0.3, 0.4) is 0 Å². The summed E-state index contributed by atoms with van der Waals surface area (Å²) in [4.78, 5) is 77.6. The number of nitrogens with two attached hydrogens (primary N) is 1. The van der Waals surface area contributed by atoms with Crippen molar-refractivity contribution in [2.75, 3.05) is 6.54 Å². The summed E-state index contributed by atoms with van der Waals surface area (Å²) >= 11 is 0. The van der Waals surface area contributed by atoms with Gasteiger partial charge in [0.15, 0.2) is 5.78 Å². The molecule has 0 bridgehead atoms. The van der Waals surface area contributed by atoms with Crippen LogP contribution in [0.1, 0.15) is 64.5 Å². The first-order valence-corrected chi connectivity index (χ1v) is 16.3. The van der Waals surface area contributed by atoms with Gasteiger partial charge in [-0.2, -0.15) is 0 Å². The van der Waals surface area contributed by atoms with Gasteiger partial charge in [0.1, 0.15) is 5.78 Å². The first kappa shape index (κ1) is 36.8. The lowest BCUT2D eigenvalue weighted by atomic mass is 9.88. The Bertz CT molecular complexity index is 1570. The summed E-state index contributed by atoms with van der Waals surface area (Å²) in [6, 6.07) is 21.7. The number of benzene rings is 3. The minimum absolute atomic E-state index is 0.0151. The summed E-state index contributed by atoms with van der Waals surface area (Å²) < 4.78 is 0. The van der Waals surface area contributed by atoms with E-state index in [4.69, 9.17) is 5.73 Å². The van der Waals surface area contributed by atoms with Crippen molar-refractivity contribution < 1.29 is 28.8 Å². The summed E-state index contributed by atoms with van der Waals surface area (Å²) in [5.74, 6) is -5.22. The molecule has 0 aliphatic carbocycles. The number of amides is 3. The summed E-state index contributed by atoms with van der Waals surface area (Å²) in [5.41, 5.74) is 7.32. The molecule has 3 rings (SSSR count). The van der Waals surface area contributed by atoms with Crippen molar-refractivity contribution in [1.82, 2.24) is 10.6 Å². The van der Waals surface area contributed by atoms with E-state index < -0.39 is 53.7 Å². The Morgan fingerprint density at radius 1 is 0.745 bits per heavy atom. The van der Waals surface area contributed by atoms with Crippen molar-refractivity contribution in [3.05, 3.63) is 83.9 Å². The van der Waals surface area contributed by atoms with Crippen LogP contribution >= 0.6 is 0 Å². The molecule has 250 valence electrons. The predicted molar refractivity (Wildman–Crippen MR) is 182 cm³/mol. The maximum absolute atomic E-state index is 13.5. The lowest BCUT2D eigenvalue weighted by Gasteiger charge is -2.26. The Balaban J connectivity index is 1.60. The molecule has 0 radical (unpaired) electrons. The van der Waals surface area contributed by atoms with E-state index in [1.54, 1.807) is 6.92 Å². The highest BCUT2D eigenvalue weighted by Gasteiger charge is 2.34. The molecule has 0 fully saturated rings. The molecular formula is C38H47N3O6. The third-order valence-electron chi connectivity index (χ3n) is 8.48. The second-order valence-electron chi connectivity index (χ2n) is 12.9. The Morgan fingerprint density at radius 3 is 2.02 bits per heavy atom. The number of primary amides is 1. The number of hydrogen-bond donors (Lipinski definition) is 3. The van der Waals surface area contributed by atoms with Crippen molar-refractivity contribution in [3.63, 3.8) is 0 Å². The van der Waals surface area contributed by atoms with Crippen LogP contribution in [-0.2, 0) is 41.6 Å². The monoisotopic (exact) mass is 641 g/mol. The van der Waals surface area contributed by atoms with Gasteiger partial charge >= 0.3 is 0 Å². The average molecular weight is 642 g/mol. The Kier molecular flexibility index (Phi) is 14.0. The van der Waals surface area contributed by atoms with E-state index in [9.17, 15) is 28.8 Å². The molecule has 0 aliphatic rings. The Morgan fingerprint density at radius 2 is 1.38 bits per heavy atom. The van der Waals surface area contributed by atoms with Crippen molar-refractivity contribution >= 4 is 45.8 Å². The highest BCUT2D eigenvalue weighted by Crippen LogP contribution is 2.21. The topological polar surface area (TPSA) is 152 Å². The van der Waals surface area contributed by atoms with Gasteiger partial charge in [-0.25, -0.2) is 0 Å². The molecule has 4 unspecified atom stereocenters. The lowest BCUT2D eigenvalue weighted by Crippen LogP contribution is -2.52. The van der Waals surface area contributed by atoms with Crippen molar-refractivity contribution in [3.8, 4) is 0 Å². The summed E-state index contributed by atoms with van der Waals surface area (Å²) in [7, 11) is 0.